The second kappa shape index (κ2) is 10.5. The standard InChI is InChI=1S/C28H28ClNO6/c1-16(2)36-25-15-21-19(13-24(25)34-4)14-26(31)30(27(21)17-6-9-20(29)10-7-17)22-11-8-18(28(32)35-5)12-23(22)33-3/h6-13,15-16,27H,14H2,1-5H3. The van der Waals surface area contributed by atoms with E-state index in [-0.39, 0.29) is 18.4 Å². The summed E-state index contributed by atoms with van der Waals surface area (Å²) in [5.74, 6) is 0.907. The quantitative estimate of drug-likeness (QED) is 0.385. The molecule has 8 heteroatoms. The molecule has 0 aromatic heterocycles. The molecule has 3 aromatic rings. The lowest BCUT2D eigenvalue weighted by molar-refractivity contribution is -0.118. The van der Waals surface area contributed by atoms with Crippen molar-refractivity contribution in [2.45, 2.75) is 32.4 Å². The zero-order valence-electron chi connectivity index (χ0n) is 20.8. The van der Waals surface area contributed by atoms with E-state index in [2.05, 4.69) is 0 Å². The number of anilines is 1. The van der Waals surface area contributed by atoms with Crippen LogP contribution in [0.4, 0.5) is 5.69 Å². The molecular weight excluding hydrogens is 482 g/mol. The number of esters is 1. The van der Waals surface area contributed by atoms with Crippen molar-refractivity contribution in [1.82, 2.24) is 0 Å². The Balaban J connectivity index is 1.94. The maximum Gasteiger partial charge on any atom is 0.337 e. The van der Waals surface area contributed by atoms with Gasteiger partial charge in [0.25, 0.3) is 0 Å². The number of nitrogens with zero attached hydrogens (tertiary/aromatic N) is 1. The zero-order chi connectivity index (χ0) is 26.0. The van der Waals surface area contributed by atoms with Crippen LogP contribution < -0.4 is 19.1 Å². The number of amides is 1. The molecule has 1 aliphatic rings. The molecule has 1 amide bonds. The van der Waals surface area contributed by atoms with Gasteiger partial charge in [-0.15, -0.1) is 0 Å². The molecule has 7 nitrogen and oxygen atoms in total. The first-order chi connectivity index (χ1) is 17.3. The van der Waals surface area contributed by atoms with Crippen molar-refractivity contribution in [3.63, 3.8) is 0 Å². The fourth-order valence-corrected chi connectivity index (χ4v) is 4.56. The second-order valence-electron chi connectivity index (χ2n) is 8.64. The number of rotatable bonds is 7. The number of hydrogen-bond acceptors (Lipinski definition) is 6. The fourth-order valence-electron chi connectivity index (χ4n) is 4.43. The number of hydrogen-bond donors (Lipinski definition) is 0. The fraction of sp³-hybridized carbons (Fsp3) is 0.286. The summed E-state index contributed by atoms with van der Waals surface area (Å²) in [5, 5.41) is 0.589. The lowest BCUT2D eigenvalue weighted by atomic mass is 9.86. The molecule has 0 saturated carbocycles. The minimum atomic E-state index is -0.503. The Morgan fingerprint density at radius 1 is 0.944 bits per heavy atom. The highest BCUT2D eigenvalue weighted by Crippen LogP contribution is 2.46. The smallest absolute Gasteiger partial charge is 0.337 e. The number of carbonyl (C=O) groups excluding carboxylic acids is 2. The van der Waals surface area contributed by atoms with Gasteiger partial charge in [0.05, 0.1) is 51.1 Å². The van der Waals surface area contributed by atoms with Gasteiger partial charge >= 0.3 is 5.97 Å². The third-order valence-electron chi connectivity index (χ3n) is 6.00. The predicted octanol–water partition coefficient (Wildman–Crippen LogP) is 5.61. The normalized spacial score (nSPS) is 14.9. The van der Waals surface area contributed by atoms with E-state index >= 15 is 0 Å². The average Bonchev–Trinajstić information content (AvgIpc) is 2.87. The topological polar surface area (TPSA) is 74.3 Å². The number of carbonyl (C=O) groups is 2. The van der Waals surface area contributed by atoms with Gasteiger partial charge in [-0.25, -0.2) is 4.79 Å². The molecular formula is C28H28ClNO6. The van der Waals surface area contributed by atoms with E-state index < -0.39 is 12.0 Å². The van der Waals surface area contributed by atoms with Crippen molar-refractivity contribution in [1.29, 1.82) is 0 Å². The largest absolute Gasteiger partial charge is 0.495 e. The van der Waals surface area contributed by atoms with Crippen LogP contribution in [0.3, 0.4) is 0 Å². The third-order valence-corrected chi connectivity index (χ3v) is 6.25. The molecule has 0 saturated heterocycles. The number of fused-ring (bicyclic) bond motifs is 1. The van der Waals surface area contributed by atoms with Crippen molar-refractivity contribution < 1.29 is 28.5 Å². The Bertz CT molecular complexity index is 1290. The maximum atomic E-state index is 13.7. The van der Waals surface area contributed by atoms with E-state index in [4.69, 9.17) is 30.5 Å². The first-order valence-corrected chi connectivity index (χ1v) is 11.9. The van der Waals surface area contributed by atoms with E-state index in [1.165, 1.54) is 14.2 Å². The van der Waals surface area contributed by atoms with Crippen LogP contribution in [0.2, 0.25) is 5.02 Å². The van der Waals surface area contributed by atoms with Crippen LogP contribution in [-0.4, -0.2) is 39.3 Å². The van der Waals surface area contributed by atoms with Crippen LogP contribution in [-0.2, 0) is 16.0 Å². The van der Waals surface area contributed by atoms with Crippen LogP contribution >= 0.6 is 11.6 Å². The number of ether oxygens (including phenoxy) is 4. The Labute approximate surface area is 215 Å². The number of methoxy groups -OCH3 is 3. The highest BCUT2D eigenvalue weighted by molar-refractivity contribution is 6.30. The van der Waals surface area contributed by atoms with Gasteiger partial charge in [0, 0.05) is 5.02 Å². The van der Waals surface area contributed by atoms with Gasteiger partial charge < -0.3 is 18.9 Å². The van der Waals surface area contributed by atoms with Gasteiger partial charge in [-0.3, -0.25) is 9.69 Å². The molecule has 188 valence electrons. The summed E-state index contributed by atoms with van der Waals surface area (Å²) in [4.78, 5) is 27.5. The highest BCUT2D eigenvalue weighted by atomic mass is 35.5. The molecule has 0 aliphatic carbocycles. The summed E-state index contributed by atoms with van der Waals surface area (Å²) in [7, 11) is 4.39. The Kier molecular flexibility index (Phi) is 7.40. The first-order valence-electron chi connectivity index (χ1n) is 11.5. The third kappa shape index (κ3) is 4.84. The Morgan fingerprint density at radius 3 is 2.25 bits per heavy atom. The van der Waals surface area contributed by atoms with Crippen LogP contribution in [0.25, 0.3) is 0 Å². The average molecular weight is 510 g/mol. The van der Waals surface area contributed by atoms with E-state index in [1.807, 2.05) is 38.1 Å². The number of halogens is 1. The summed E-state index contributed by atoms with van der Waals surface area (Å²) >= 11 is 6.18. The molecule has 1 atom stereocenters. The predicted molar refractivity (Wildman–Crippen MR) is 138 cm³/mol. The van der Waals surface area contributed by atoms with E-state index in [0.29, 0.717) is 33.5 Å². The van der Waals surface area contributed by atoms with Crippen LogP contribution in [0.5, 0.6) is 17.2 Å². The summed E-state index contributed by atoms with van der Waals surface area (Å²) in [6.45, 7) is 3.89. The highest BCUT2D eigenvalue weighted by Gasteiger charge is 2.37. The minimum absolute atomic E-state index is 0.0711. The van der Waals surface area contributed by atoms with Gasteiger partial charge in [0.1, 0.15) is 5.75 Å². The molecule has 0 radical (unpaired) electrons. The molecule has 36 heavy (non-hydrogen) atoms. The van der Waals surface area contributed by atoms with Gasteiger partial charge in [0.15, 0.2) is 11.5 Å². The number of benzene rings is 3. The van der Waals surface area contributed by atoms with Crippen molar-refractivity contribution >= 4 is 29.2 Å². The molecule has 0 spiro atoms. The summed E-state index contributed by atoms with van der Waals surface area (Å²) in [6.07, 6.45) is 0.0813. The molecule has 4 rings (SSSR count). The summed E-state index contributed by atoms with van der Waals surface area (Å²) in [5.41, 5.74) is 3.45. The van der Waals surface area contributed by atoms with Crippen LogP contribution in [0, 0.1) is 0 Å². The lowest BCUT2D eigenvalue weighted by Crippen LogP contribution is -2.41. The van der Waals surface area contributed by atoms with Gasteiger partial charge in [0.2, 0.25) is 5.91 Å². The van der Waals surface area contributed by atoms with Gasteiger partial charge in [-0.05, 0) is 73.0 Å². The second-order valence-corrected chi connectivity index (χ2v) is 9.08. The van der Waals surface area contributed by atoms with Gasteiger partial charge in [-0.2, -0.15) is 0 Å². The minimum Gasteiger partial charge on any atom is -0.495 e. The van der Waals surface area contributed by atoms with Crippen LogP contribution in [0.1, 0.15) is 46.9 Å². The van der Waals surface area contributed by atoms with Gasteiger partial charge in [-0.1, -0.05) is 23.7 Å². The summed E-state index contributed by atoms with van der Waals surface area (Å²) < 4.78 is 22.1. The summed E-state index contributed by atoms with van der Waals surface area (Å²) in [6, 6.07) is 15.6. The van der Waals surface area contributed by atoms with E-state index in [0.717, 1.165) is 16.7 Å². The van der Waals surface area contributed by atoms with E-state index in [9.17, 15) is 9.59 Å². The molecule has 0 bridgehead atoms. The maximum absolute atomic E-state index is 13.7. The molecule has 0 N–H and O–H groups in total. The zero-order valence-corrected chi connectivity index (χ0v) is 21.6. The van der Waals surface area contributed by atoms with Crippen molar-refractivity contribution in [3.05, 3.63) is 81.9 Å². The SMILES string of the molecule is COC(=O)c1ccc(N2C(=O)Cc3cc(OC)c(OC(C)C)cc3C2c2ccc(Cl)cc2)c(OC)c1. The Hall–Kier alpha value is -3.71. The first kappa shape index (κ1) is 25.4. The van der Waals surface area contributed by atoms with Crippen molar-refractivity contribution in [2.75, 3.05) is 26.2 Å². The van der Waals surface area contributed by atoms with Crippen molar-refractivity contribution in [2.24, 2.45) is 0 Å². The van der Waals surface area contributed by atoms with Crippen LogP contribution in [0.15, 0.2) is 54.6 Å². The van der Waals surface area contributed by atoms with E-state index in [1.54, 1.807) is 42.3 Å². The lowest BCUT2D eigenvalue weighted by Gasteiger charge is -2.38. The molecule has 1 unspecified atom stereocenters. The monoisotopic (exact) mass is 509 g/mol. The molecule has 1 heterocycles. The Morgan fingerprint density at radius 2 is 1.64 bits per heavy atom. The molecule has 3 aromatic carbocycles. The van der Waals surface area contributed by atoms with Crippen molar-refractivity contribution in [3.8, 4) is 17.2 Å². The molecule has 1 aliphatic heterocycles. The molecule has 0 fully saturated rings.